The van der Waals surface area contributed by atoms with Crippen LogP contribution in [0.15, 0.2) is 54.0 Å². The average Bonchev–Trinajstić information content (AvgIpc) is 3.21. The normalized spacial score (nSPS) is 15.2. The fraction of sp³-hybridized carbons (Fsp3) is 0.190. The number of allylic oxidation sites excluding steroid dienone is 1. The molecule has 1 aromatic heterocycles. The maximum absolute atomic E-state index is 13.5. The molecule has 2 heterocycles. The number of amides is 1. The molecule has 160 valence electrons. The number of carbonyl (C=O) groups excluding carboxylic acids is 1. The van der Waals surface area contributed by atoms with Crippen molar-refractivity contribution in [3.05, 3.63) is 69.6 Å². The predicted molar refractivity (Wildman–Crippen MR) is 119 cm³/mol. The van der Waals surface area contributed by atoms with Gasteiger partial charge in [-0.3, -0.25) is 4.79 Å². The number of fused-ring (bicyclic) bond motifs is 1. The summed E-state index contributed by atoms with van der Waals surface area (Å²) in [4.78, 5) is 17.7. The van der Waals surface area contributed by atoms with Crippen LogP contribution in [0, 0.1) is 0 Å². The largest absolute Gasteiger partial charge is 0.497 e. The number of ether oxygens (including phenoxy) is 2. The molecule has 4 rings (SSSR count). The summed E-state index contributed by atoms with van der Waals surface area (Å²) in [6.45, 7) is 1.80. The maximum Gasteiger partial charge on any atom is 0.255 e. The molecule has 2 aromatic carbocycles. The van der Waals surface area contributed by atoms with Crippen LogP contribution in [0.5, 0.6) is 11.5 Å². The Morgan fingerprint density at radius 1 is 1.16 bits per heavy atom. The van der Waals surface area contributed by atoms with Crippen molar-refractivity contribution in [2.24, 2.45) is 0 Å². The van der Waals surface area contributed by atoms with Crippen LogP contribution in [-0.4, -0.2) is 34.9 Å². The first-order valence-corrected chi connectivity index (χ1v) is 10.0. The average molecular weight is 460 g/mol. The molecule has 3 aromatic rings. The van der Waals surface area contributed by atoms with Gasteiger partial charge in [0.05, 0.1) is 25.5 Å². The number of carbonyl (C=O) groups is 1. The summed E-state index contributed by atoms with van der Waals surface area (Å²) in [5, 5.41) is 11.3. The predicted octanol–water partition coefficient (Wildman–Crippen LogP) is 4.53. The number of hydrogen-bond acceptors (Lipinski definition) is 6. The standard InChI is InChI=1S/C21H19Cl2N5O3/c1-11-18(20(29)27-16-7-5-13(30-2)9-17(16)31-3)19(28-21(26-11)24-10-25-28)14-6-4-12(22)8-15(14)23/h4-10,19H,1-3H3,(H,27,29)(H,24,25,26)/t19-/m0/s1. The molecule has 8 nitrogen and oxygen atoms in total. The van der Waals surface area contributed by atoms with Crippen LogP contribution in [0.25, 0.3) is 0 Å². The van der Waals surface area contributed by atoms with E-state index < -0.39 is 6.04 Å². The summed E-state index contributed by atoms with van der Waals surface area (Å²) in [5.74, 6) is 1.25. The molecule has 0 spiro atoms. The zero-order valence-corrected chi connectivity index (χ0v) is 18.5. The molecule has 0 fully saturated rings. The molecular weight excluding hydrogens is 441 g/mol. The van der Waals surface area contributed by atoms with Crippen LogP contribution in [-0.2, 0) is 4.79 Å². The van der Waals surface area contributed by atoms with Crippen molar-refractivity contribution in [2.75, 3.05) is 24.9 Å². The van der Waals surface area contributed by atoms with Crippen LogP contribution in [0.2, 0.25) is 10.0 Å². The van der Waals surface area contributed by atoms with Gasteiger partial charge in [0, 0.05) is 27.4 Å². The Morgan fingerprint density at radius 2 is 1.97 bits per heavy atom. The number of methoxy groups -OCH3 is 2. The van der Waals surface area contributed by atoms with Crippen molar-refractivity contribution in [2.45, 2.75) is 13.0 Å². The fourth-order valence-electron chi connectivity index (χ4n) is 3.49. The van der Waals surface area contributed by atoms with E-state index >= 15 is 0 Å². The van der Waals surface area contributed by atoms with Gasteiger partial charge in [0.15, 0.2) is 0 Å². The summed E-state index contributed by atoms with van der Waals surface area (Å²) >= 11 is 12.6. The van der Waals surface area contributed by atoms with E-state index in [-0.39, 0.29) is 5.91 Å². The minimum atomic E-state index is -0.604. The van der Waals surface area contributed by atoms with E-state index in [9.17, 15) is 4.79 Å². The van der Waals surface area contributed by atoms with Gasteiger partial charge in [0.1, 0.15) is 23.9 Å². The molecule has 0 aliphatic carbocycles. The third-order valence-electron chi connectivity index (χ3n) is 4.95. The van der Waals surface area contributed by atoms with Gasteiger partial charge in [-0.1, -0.05) is 29.3 Å². The van der Waals surface area contributed by atoms with Gasteiger partial charge in [-0.2, -0.15) is 10.1 Å². The van der Waals surface area contributed by atoms with E-state index in [0.29, 0.717) is 50.0 Å². The molecule has 0 radical (unpaired) electrons. The zero-order chi connectivity index (χ0) is 22.1. The molecule has 1 atom stereocenters. The lowest BCUT2D eigenvalue weighted by molar-refractivity contribution is -0.113. The summed E-state index contributed by atoms with van der Waals surface area (Å²) in [7, 11) is 3.08. The highest BCUT2D eigenvalue weighted by Gasteiger charge is 2.35. The van der Waals surface area contributed by atoms with Crippen molar-refractivity contribution >= 4 is 40.7 Å². The Labute approximate surface area is 188 Å². The van der Waals surface area contributed by atoms with E-state index in [1.54, 1.807) is 55.1 Å². The van der Waals surface area contributed by atoms with Crippen molar-refractivity contribution in [3.63, 3.8) is 0 Å². The topological polar surface area (TPSA) is 90.3 Å². The van der Waals surface area contributed by atoms with Gasteiger partial charge >= 0.3 is 0 Å². The quantitative estimate of drug-likeness (QED) is 0.582. The minimum Gasteiger partial charge on any atom is -0.497 e. The third-order valence-corrected chi connectivity index (χ3v) is 5.52. The maximum atomic E-state index is 13.5. The first kappa shape index (κ1) is 21.0. The van der Waals surface area contributed by atoms with Crippen LogP contribution in [0.3, 0.4) is 0 Å². The molecule has 0 saturated carbocycles. The molecule has 1 aliphatic rings. The van der Waals surface area contributed by atoms with Crippen LogP contribution in [0.4, 0.5) is 11.6 Å². The fourth-order valence-corrected chi connectivity index (χ4v) is 4.00. The summed E-state index contributed by atoms with van der Waals surface area (Å²) in [5.41, 5.74) is 2.23. The Balaban J connectivity index is 1.77. The van der Waals surface area contributed by atoms with E-state index in [4.69, 9.17) is 32.7 Å². The summed E-state index contributed by atoms with van der Waals surface area (Å²) < 4.78 is 12.2. The molecule has 0 bridgehead atoms. The second-order valence-electron chi connectivity index (χ2n) is 6.78. The van der Waals surface area contributed by atoms with E-state index in [0.717, 1.165) is 0 Å². The number of rotatable bonds is 5. The molecular formula is C21H19Cl2N5O3. The molecule has 1 aliphatic heterocycles. The lowest BCUT2D eigenvalue weighted by Gasteiger charge is -2.29. The molecule has 31 heavy (non-hydrogen) atoms. The number of nitrogens with zero attached hydrogens (tertiary/aromatic N) is 3. The van der Waals surface area contributed by atoms with Crippen LogP contribution < -0.4 is 20.1 Å². The number of benzene rings is 2. The summed E-state index contributed by atoms with van der Waals surface area (Å²) in [6, 6.07) is 9.68. The van der Waals surface area contributed by atoms with Crippen LogP contribution >= 0.6 is 23.2 Å². The lowest BCUT2D eigenvalue weighted by atomic mass is 9.95. The number of halogens is 2. The number of aromatic nitrogens is 3. The van der Waals surface area contributed by atoms with E-state index in [1.165, 1.54) is 13.4 Å². The smallest absolute Gasteiger partial charge is 0.255 e. The van der Waals surface area contributed by atoms with Crippen LogP contribution in [0.1, 0.15) is 18.5 Å². The second-order valence-corrected chi connectivity index (χ2v) is 7.62. The molecule has 2 N–H and O–H groups in total. The first-order chi connectivity index (χ1) is 14.9. The van der Waals surface area contributed by atoms with Crippen molar-refractivity contribution in [3.8, 4) is 11.5 Å². The van der Waals surface area contributed by atoms with Gasteiger partial charge in [-0.15, -0.1) is 0 Å². The van der Waals surface area contributed by atoms with Crippen molar-refractivity contribution < 1.29 is 14.3 Å². The van der Waals surface area contributed by atoms with Gasteiger partial charge in [0.25, 0.3) is 5.91 Å². The Bertz CT molecular complexity index is 1190. The highest BCUT2D eigenvalue weighted by molar-refractivity contribution is 6.35. The van der Waals surface area contributed by atoms with E-state index in [1.807, 2.05) is 0 Å². The van der Waals surface area contributed by atoms with Gasteiger partial charge < -0.3 is 20.1 Å². The first-order valence-electron chi connectivity index (χ1n) is 9.28. The number of nitrogens with one attached hydrogen (secondary N) is 2. The highest BCUT2D eigenvalue weighted by atomic mass is 35.5. The van der Waals surface area contributed by atoms with E-state index in [2.05, 4.69) is 20.7 Å². The van der Waals surface area contributed by atoms with Crippen molar-refractivity contribution in [1.29, 1.82) is 0 Å². The second kappa shape index (κ2) is 8.49. The van der Waals surface area contributed by atoms with Gasteiger partial charge in [0.2, 0.25) is 5.95 Å². The van der Waals surface area contributed by atoms with Crippen molar-refractivity contribution in [1.82, 2.24) is 14.8 Å². The number of anilines is 2. The molecule has 1 amide bonds. The molecule has 0 saturated heterocycles. The highest BCUT2D eigenvalue weighted by Crippen LogP contribution is 2.39. The SMILES string of the molecule is COc1ccc(NC(=O)C2=C(C)Nc3ncnn3[C@H]2c2ccc(Cl)cc2Cl)c(OC)c1. The molecule has 10 heteroatoms. The monoisotopic (exact) mass is 459 g/mol. The zero-order valence-electron chi connectivity index (χ0n) is 16.9. The number of hydrogen-bond donors (Lipinski definition) is 2. The minimum absolute atomic E-state index is 0.342. The third kappa shape index (κ3) is 3.92. The Kier molecular flexibility index (Phi) is 5.75. The molecule has 0 unspecified atom stereocenters. The Morgan fingerprint density at radius 3 is 2.68 bits per heavy atom. The summed E-state index contributed by atoms with van der Waals surface area (Å²) in [6.07, 6.45) is 1.42. The van der Waals surface area contributed by atoms with Gasteiger partial charge in [-0.25, -0.2) is 4.68 Å². The van der Waals surface area contributed by atoms with Gasteiger partial charge in [-0.05, 0) is 31.2 Å². The lowest BCUT2D eigenvalue weighted by Crippen LogP contribution is -2.31. The Hall–Kier alpha value is -3.23.